The first-order chi connectivity index (χ1) is 44.6. The molecular weight excluding hydrogens is 1230 g/mol. The number of alkyl carbamates (subject to hydrolysis) is 1. The number of halogens is 4. The second-order valence-corrected chi connectivity index (χ2v) is 23.7. The molecule has 2 amide bonds. The van der Waals surface area contributed by atoms with Gasteiger partial charge in [0, 0.05) is 69.2 Å². The van der Waals surface area contributed by atoms with Crippen molar-refractivity contribution in [3.05, 3.63) is 82.9 Å². The van der Waals surface area contributed by atoms with Gasteiger partial charge in [-0.15, -0.1) is 0 Å². The molecule has 2 fully saturated rings. The molecule has 28 heteroatoms. The third-order valence-electron chi connectivity index (χ3n) is 14.7. The van der Waals surface area contributed by atoms with Crippen molar-refractivity contribution in [3.63, 3.8) is 0 Å². The van der Waals surface area contributed by atoms with Gasteiger partial charge in [0.2, 0.25) is 33.3 Å². The summed E-state index contributed by atoms with van der Waals surface area (Å²) in [5.41, 5.74) is 9.63. The predicted octanol–water partition coefficient (Wildman–Crippen LogP) is 7.50. The van der Waals surface area contributed by atoms with E-state index in [4.69, 9.17) is 57.8 Å². The van der Waals surface area contributed by atoms with Crippen molar-refractivity contribution in [2.75, 3.05) is 165 Å². The molecule has 3 aromatic carbocycles. The van der Waals surface area contributed by atoms with Crippen molar-refractivity contribution in [1.82, 2.24) is 14.5 Å². The minimum absolute atomic E-state index is 0.000737. The Hall–Kier alpha value is -6.02. The SMILES string of the molecule is CCCN(CCCNC(=O)OC1CCC1)C(=O)C1=Cc2ccc(-c3cccc(S(=O)(=O)N4CC(CCCC(=O)CCOCCOCCOCCOCCOCCOCCOCCOCCOCCOCCC(=O)Oc5c(F)c(F)cc(F)c5F)C4)c3)cc2N=C(N)C1. The van der Waals surface area contributed by atoms with Gasteiger partial charge < -0.3 is 72.8 Å². The summed E-state index contributed by atoms with van der Waals surface area (Å²) >= 11 is 0. The molecule has 0 atom stereocenters. The van der Waals surface area contributed by atoms with Gasteiger partial charge in [0.05, 0.1) is 149 Å². The van der Waals surface area contributed by atoms with E-state index in [1.807, 2.05) is 37.3 Å². The molecule has 0 radical (unpaired) electrons. The molecule has 0 aromatic heterocycles. The van der Waals surface area contributed by atoms with E-state index in [0.717, 1.165) is 43.2 Å². The summed E-state index contributed by atoms with van der Waals surface area (Å²) in [6, 6.07) is 12.4. The Labute approximate surface area is 535 Å². The van der Waals surface area contributed by atoms with Gasteiger partial charge in [0.25, 0.3) is 0 Å². The van der Waals surface area contributed by atoms with E-state index < -0.39 is 57.5 Å². The molecule has 6 rings (SSSR count). The summed E-state index contributed by atoms with van der Waals surface area (Å²) in [7, 11) is -3.76. The minimum atomic E-state index is -3.76. The number of benzene rings is 3. The average molecular weight is 1320 g/mol. The molecule has 92 heavy (non-hydrogen) atoms. The molecule has 0 spiro atoms. The number of carbonyl (C=O) groups excluding carboxylic acids is 4. The molecule has 3 aliphatic rings. The number of fused-ring (bicyclic) bond motifs is 1. The molecule has 0 unspecified atom stereocenters. The molecule has 512 valence electrons. The van der Waals surface area contributed by atoms with E-state index in [9.17, 15) is 45.2 Å². The van der Waals surface area contributed by atoms with Crippen LogP contribution in [-0.2, 0) is 76.5 Å². The molecular formula is C64H89F4N5O18S. The largest absolute Gasteiger partial charge is 0.446 e. The fourth-order valence-corrected chi connectivity index (χ4v) is 11.1. The van der Waals surface area contributed by atoms with Crippen LogP contribution < -0.4 is 15.8 Å². The van der Waals surface area contributed by atoms with Crippen LogP contribution >= 0.6 is 0 Å². The van der Waals surface area contributed by atoms with E-state index >= 15 is 0 Å². The monoisotopic (exact) mass is 1320 g/mol. The lowest BCUT2D eigenvalue weighted by atomic mass is 9.95. The van der Waals surface area contributed by atoms with E-state index in [0.29, 0.717) is 181 Å². The third-order valence-corrected chi connectivity index (χ3v) is 16.5. The van der Waals surface area contributed by atoms with Crippen molar-refractivity contribution < 1.29 is 102 Å². The second kappa shape index (κ2) is 42.3. The number of ketones is 1. The number of esters is 1. The number of nitrogens with zero attached hydrogens (tertiary/aromatic N) is 3. The van der Waals surface area contributed by atoms with Gasteiger partial charge in [-0.25, -0.2) is 27.0 Å². The maximum Gasteiger partial charge on any atom is 0.407 e. The van der Waals surface area contributed by atoms with Gasteiger partial charge in [-0.2, -0.15) is 13.1 Å². The lowest BCUT2D eigenvalue weighted by molar-refractivity contribution is -0.136. The van der Waals surface area contributed by atoms with E-state index in [1.165, 1.54) is 4.31 Å². The van der Waals surface area contributed by atoms with Crippen molar-refractivity contribution >= 4 is 51.4 Å². The quantitative estimate of drug-likeness (QED) is 0.0182. The molecule has 1 saturated heterocycles. The van der Waals surface area contributed by atoms with Crippen LogP contribution in [0.25, 0.3) is 17.2 Å². The molecule has 1 aliphatic carbocycles. The number of ether oxygens (including phenoxy) is 12. The number of amidine groups is 1. The Morgan fingerprint density at radius 2 is 1.16 bits per heavy atom. The van der Waals surface area contributed by atoms with Gasteiger partial charge in [0.15, 0.2) is 11.6 Å². The first kappa shape index (κ1) is 75.0. The van der Waals surface area contributed by atoms with Crippen LogP contribution in [0.5, 0.6) is 5.75 Å². The molecule has 23 nitrogen and oxygen atoms in total. The highest BCUT2D eigenvalue weighted by Crippen LogP contribution is 2.35. The van der Waals surface area contributed by atoms with Crippen molar-refractivity contribution in [2.45, 2.75) is 88.6 Å². The Morgan fingerprint density at radius 3 is 1.68 bits per heavy atom. The topological polar surface area (TPSA) is 270 Å². The van der Waals surface area contributed by atoms with Crippen LogP contribution in [0.1, 0.15) is 83.1 Å². The van der Waals surface area contributed by atoms with Crippen LogP contribution in [0, 0.1) is 29.2 Å². The van der Waals surface area contributed by atoms with E-state index in [1.54, 1.807) is 23.1 Å². The van der Waals surface area contributed by atoms with Gasteiger partial charge in [-0.1, -0.05) is 31.2 Å². The van der Waals surface area contributed by atoms with E-state index in [-0.39, 0.29) is 73.4 Å². The number of amides is 2. The van der Waals surface area contributed by atoms with Crippen LogP contribution in [0.3, 0.4) is 0 Å². The minimum Gasteiger partial charge on any atom is -0.446 e. The Morgan fingerprint density at radius 1 is 0.641 bits per heavy atom. The molecule has 2 heterocycles. The number of nitrogens with one attached hydrogen (secondary N) is 1. The first-order valence-electron chi connectivity index (χ1n) is 31.5. The summed E-state index contributed by atoms with van der Waals surface area (Å²) in [5.74, 6) is -9.15. The molecule has 3 aromatic rings. The summed E-state index contributed by atoms with van der Waals surface area (Å²) in [6.45, 7) is 10.6. The number of carbonyl (C=O) groups is 4. The van der Waals surface area contributed by atoms with Crippen LogP contribution in [0.15, 0.2) is 64.0 Å². The zero-order valence-electron chi connectivity index (χ0n) is 52.5. The van der Waals surface area contributed by atoms with Crippen molar-refractivity contribution in [1.29, 1.82) is 0 Å². The van der Waals surface area contributed by atoms with Crippen molar-refractivity contribution in [2.24, 2.45) is 16.6 Å². The maximum absolute atomic E-state index is 13.8. The highest BCUT2D eigenvalue weighted by molar-refractivity contribution is 7.89. The van der Waals surface area contributed by atoms with Gasteiger partial charge in [-0.05, 0) is 86.3 Å². The Bertz CT molecular complexity index is 2910. The molecule has 0 bridgehead atoms. The van der Waals surface area contributed by atoms with E-state index in [2.05, 4.69) is 15.0 Å². The van der Waals surface area contributed by atoms with Crippen LogP contribution in [0.2, 0.25) is 0 Å². The normalized spacial score (nSPS) is 14.4. The summed E-state index contributed by atoms with van der Waals surface area (Å²) in [6.07, 6.45) is 7.47. The fraction of sp³-hybridized carbons (Fsp3) is 0.609. The number of hydrogen-bond donors (Lipinski definition) is 2. The number of rotatable bonds is 49. The highest BCUT2D eigenvalue weighted by atomic mass is 32.2. The molecule has 2 aliphatic heterocycles. The zero-order valence-corrected chi connectivity index (χ0v) is 53.3. The Balaban J connectivity index is 0.680. The first-order valence-corrected chi connectivity index (χ1v) is 32.9. The number of nitrogens with two attached hydrogens (primary N) is 1. The zero-order chi connectivity index (χ0) is 65.8. The van der Waals surface area contributed by atoms with Crippen molar-refractivity contribution in [3.8, 4) is 16.9 Å². The van der Waals surface area contributed by atoms with Crippen LogP contribution in [0.4, 0.5) is 28.0 Å². The lowest BCUT2D eigenvalue weighted by Crippen LogP contribution is -2.49. The predicted molar refractivity (Wildman–Crippen MR) is 330 cm³/mol. The van der Waals surface area contributed by atoms with Gasteiger partial charge in [0.1, 0.15) is 17.7 Å². The average Bonchev–Trinajstić information content (AvgIpc) is 0.852. The summed E-state index contributed by atoms with van der Waals surface area (Å²) in [5, 5.41) is 2.79. The smallest absolute Gasteiger partial charge is 0.407 e. The number of hydrogen-bond acceptors (Lipinski definition) is 20. The maximum atomic E-state index is 13.8. The highest BCUT2D eigenvalue weighted by Gasteiger charge is 2.36. The standard InChI is InChI=1S/C64H89F4N5O18S/c1-2-18-72(19-6-17-70-64(77)90-53-10-5-11-53)63(76)51-40-50-14-13-49(42-57(50)71-58(69)43-51)48-8-4-12-54(41-48)92(78,79)73-45-47(46-73)7-3-9-52(74)15-20-80-22-24-82-26-28-84-30-32-86-34-36-88-38-39-89-37-35-87-33-31-85-29-27-83-25-23-81-21-16-59(75)91-62-60(67)55(65)44-56(66)61(62)68/h4,8,12-14,40-42,44,47,53H,2-3,5-7,9-11,15-39,43,45-46H2,1H3,(H2,69,71)(H,70,77). The Kier molecular flexibility index (Phi) is 34.5. The summed E-state index contributed by atoms with van der Waals surface area (Å²) in [4.78, 5) is 56.8. The lowest BCUT2D eigenvalue weighted by Gasteiger charge is -2.38. The van der Waals surface area contributed by atoms with Gasteiger partial charge in [-0.3, -0.25) is 14.4 Å². The molecule has 3 N–H and O–H groups in total. The van der Waals surface area contributed by atoms with Crippen LogP contribution in [-0.4, -0.2) is 218 Å². The molecule has 1 saturated carbocycles. The number of aliphatic imine (C=N–C) groups is 1. The number of sulfonamides is 1. The third kappa shape index (κ3) is 27.1. The van der Waals surface area contributed by atoms with Gasteiger partial charge >= 0.3 is 12.1 Å². The number of Topliss-reactive ketones (excluding diaryl/α,β-unsaturated/α-hetero) is 1. The second-order valence-electron chi connectivity index (χ2n) is 21.8. The summed E-state index contributed by atoms with van der Waals surface area (Å²) < 4.78 is 147. The fourth-order valence-electron chi connectivity index (χ4n) is 9.47.